The smallest absolute Gasteiger partial charge is 0.224 e. The molecule has 1 fully saturated rings. The van der Waals surface area contributed by atoms with Crippen LogP contribution in [0, 0.1) is 12.7 Å². The Morgan fingerprint density at radius 2 is 1.69 bits per heavy atom. The van der Waals surface area contributed by atoms with Gasteiger partial charge in [-0.3, -0.25) is 4.79 Å². The van der Waals surface area contributed by atoms with Gasteiger partial charge < -0.3 is 4.90 Å². The molecule has 0 radical (unpaired) electrons. The van der Waals surface area contributed by atoms with Gasteiger partial charge in [-0.1, -0.05) is 29.8 Å². The topological polar surface area (TPSA) is 54.5 Å². The molecule has 0 N–H and O–H groups in total. The molecule has 138 valence electrons. The number of hydrogen-bond acceptors (Lipinski definition) is 3. The summed E-state index contributed by atoms with van der Waals surface area (Å²) in [5.41, 5.74) is 1.83. The molecule has 0 spiro atoms. The maximum atomic E-state index is 13.0. The van der Waals surface area contributed by atoms with Crippen molar-refractivity contribution >= 4 is 15.7 Å². The fourth-order valence-electron chi connectivity index (χ4n) is 2.82. The number of nitrogens with zero attached hydrogens (tertiary/aromatic N) is 1. The number of benzene rings is 2. The van der Waals surface area contributed by atoms with Gasteiger partial charge in [0.05, 0.1) is 10.6 Å². The first-order valence-corrected chi connectivity index (χ1v) is 10.3. The van der Waals surface area contributed by atoms with E-state index in [0.29, 0.717) is 6.54 Å². The van der Waals surface area contributed by atoms with Gasteiger partial charge in [0.15, 0.2) is 9.84 Å². The Labute approximate surface area is 153 Å². The number of hydrogen-bond donors (Lipinski definition) is 0. The number of sulfone groups is 1. The predicted octanol–water partition coefficient (Wildman–Crippen LogP) is 3.49. The monoisotopic (exact) mass is 375 g/mol. The number of aryl methyl sites for hydroxylation is 1. The molecule has 0 bridgehead atoms. The first kappa shape index (κ1) is 18.6. The highest BCUT2D eigenvalue weighted by atomic mass is 32.2. The summed E-state index contributed by atoms with van der Waals surface area (Å²) in [6.45, 7) is 2.28. The quantitative estimate of drug-likeness (QED) is 0.744. The lowest BCUT2D eigenvalue weighted by Crippen LogP contribution is -2.33. The van der Waals surface area contributed by atoms with Crippen molar-refractivity contribution in [1.29, 1.82) is 0 Å². The number of carbonyl (C=O) groups is 1. The molecular weight excluding hydrogens is 353 g/mol. The third kappa shape index (κ3) is 4.69. The molecule has 0 heterocycles. The van der Waals surface area contributed by atoms with E-state index in [-0.39, 0.29) is 34.8 Å². The Morgan fingerprint density at radius 3 is 2.27 bits per heavy atom. The summed E-state index contributed by atoms with van der Waals surface area (Å²) in [5, 5.41) is 0. The van der Waals surface area contributed by atoms with Crippen LogP contribution in [0.5, 0.6) is 0 Å². The molecule has 1 amide bonds. The van der Waals surface area contributed by atoms with Crippen LogP contribution in [0.3, 0.4) is 0 Å². The van der Waals surface area contributed by atoms with Crippen LogP contribution in [0.2, 0.25) is 0 Å². The first-order valence-electron chi connectivity index (χ1n) is 8.68. The highest BCUT2D eigenvalue weighted by Crippen LogP contribution is 2.29. The van der Waals surface area contributed by atoms with Crippen LogP contribution in [0.1, 0.15) is 30.4 Å². The van der Waals surface area contributed by atoms with Gasteiger partial charge in [0, 0.05) is 19.0 Å². The zero-order chi connectivity index (χ0) is 18.7. The van der Waals surface area contributed by atoms with Gasteiger partial charge in [-0.05, 0) is 49.6 Å². The lowest BCUT2D eigenvalue weighted by atomic mass is 10.2. The van der Waals surface area contributed by atoms with Crippen LogP contribution >= 0.6 is 0 Å². The molecule has 3 rings (SSSR count). The van der Waals surface area contributed by atoms with Crippen molar-refractivity contribution in [3.8, 4) is 0 Å². The van der Waals surface area contributed by atoms with Gasteiger partial charge >= 0.3 is 0 Å². The van der Waals surface area contributed by atoms with E-state index >= 15 is 0 Å². The van der Waals surface area contributed by atoms with Gasteiger partial charge in [0.1, 0.15) is 5.82 Å². The maximum Gasteiger partial charge on any atom is 0.224 e. The van der Waals surface area contributed by atoms with Crippen molar-refractivity contribution in [2.45, 2.75) is 43.7 Å². The third-order valence-corrected chi connectivity index (χ3v) is 6.27. The number of halogens is 1. The minimum absolute atomic E-state index is 0.0477. The van der Waals surface area contributed by atoms with E-state index in [2.05, 4.69) is 0 Å². The molecule has 0 atom stereocenters. The average Bonchev–Trinajstić information content (AvgIpc) is 3.44. The minimum Gasteiger partial charge on any atom is -0.335 e. The zero-order valence-corrected chi connectivity index (χ0v) is 15.5. The summed E-state index contributed by atoms with van der Waals surface area (Å²) in [5.74, 6) is -0.698. The van der Waals surface area contributed by atoms with E-state index in [1.165, 1.54) is 12.1 Å². The van der Waals surface area contributed by atoms with E-state index in [1.54, 1.807) is 41.3 Å². The third-order valence-electron chi connectivity index (χ3n) is 4.54. The van der Waals surface area contributed by atoms with Crippen molar-refractivity contribution in [2.75, 3.05) is 5.75 Å². The summed E-state index contributed by atoms with van der Waals surface area (Å²) in [4.78, 5) is 14.6. The maximum absolute atomic E-state index is 13.0. The number of carbonyl (C=O) groups excluding carboxylic acids is 1. The van der Waals surface area contributed by atoms with Gasteiger partial charge in [0.2, 0.25) is 5.91 Å². The summed E-state index contributed by atoms with van der Waals surface area (Å²) < 4.78 is 37.9. The average molecular weight is 375 g/mol. The predicted molar refractivity (Wildman–Crippen MR) is 97.8 cm³/mol. The molecule has 2 aromatic rings. The van der Waals surface area contributed by atoms with Crippen molar-refractivity contribution in [3.63, 3.8) is 0 Å². The molecule has 26 heavy (non-hydrogen) atoms. The Balaban J connectivity index is 1.64. The van der Waals surface area contributed by atoms with Crippen LogP contribution in [0.15, 0.2) is 53.4 Å². The van der Waals surface area contributed by atoms with Gasteiger partial charge in [-0.15, -0.1) is 0 Å². The van der Waals surface area contributed by atoms with Gasteiger partial charge in [0.25, 0.3) is 0 Å². The van der Waals surface area contributed by atoms with Crippen molar-refractivity contribution in [2.24, 2.45) is 0 Å². The molecular formula is C20H22FNO3S. The fourth-order valence-corrected chi connectivity index (χ4v) is 4.05. The number of rotatable bonds is 7. The molecule has 1 aliphatic rings. The lowest BCUT2D eigenvalue weighted by Gasteiger charge is -2.22. The van der Waals surface area contributed by atoms with E-state index in [1.807, 2.05) is 6.92 Å². The van der Waals surface area contributed by atoms with Crippen LogP contribution in [0.25, 0.3) is 0 Å². The van der Waals surface area contributed by atoms with Crippen LogP contribution in [-0.2, 0) is 21.2 Å². The SMILES string of the molecule is Cc1ccc(S(=O)(=O)CCC(=O)N(Cc2ccc(F)cc2)C2CC2)cc1. The highest BCUT2D eigenvalue weighted by Gasteiger charge is 2.33. The summed E-state index contributed by atoms with van der Waals surface area (Å²) in [6, 6.07) is 12.9. The Hall–Kier alpha value is -2.21. The highest BCUT2D eigenvalue weighted by molar-refractivity contribution is 7.91. The van der Waals surface area contributed by atoms with Crippen LogP contribution in [0.4, 0.5) is 4.39 Å². The van der Waals surface area contributed by atoms with Crippen LogP contribution in [-0.4, -0.2) is 31.0 Å². The van der Waals surface area contributed by atoms with E-state index < -0.39 is 9.84 Å². The molecule has 4 nitrogen and oxygen atoms in total. The zero-order valence-electron chi connectivity index (χ0n) is 14.7. The second-order valence-corrected chi connectivity index (χ2v) is 8.87. The Bertz CT molecular complexity index is 872. The summed E-state index contributed by atoms with van der Waals surface area (Å²) >= 11 is 0. The molecule has 0 saturated heterocycles. The number of amides is 1. The van der Waals surface area contributed by atoms with Crippen molar-refractivity contribution in [1.82, 2.24) is 4.90 Å². The van der Waals surface area contributed by atoms with E-state index in [9.17, 15) is 17.6 Å². The van der Waals surface area contributed by atoms with Crippen molar-refractivity contribution in [3.05, 3.63) is 65.5 Å². The summed E-state index contributed by atoms with van der Waals surface area (Å²) in [6.07, 6.45) is 1.81. The molecule has 0 unspecified atom stereocenters. The Kier molecular flexibility index (Phi) is 5.41. The van der Waals surface area contributed by atoms with Gasteiger partial charge in [-0.25, -0.2) is 12.8 Å². The normalized spacial score (nSPS) is 14.2. The lowest BCUT2D eigenvalue weighted by molar-refractivity contribution is -0.132. The fraction of sp³-hybridized carbons (Fsp3) is 0.350. The molecule has 6 heteroatoms. The van der Waals surface area contributed by atoms with Crippen molar-refractivity contribution < 1.29 is 17.6 Å². The minimum atomic E-state index is -3.49. The largest absolute Gasteiger partial charge is 0.335 e. The molecule has 1 saturated carbocycles. The second-order valence-electron chi connectivity index (χ2n) is 6.76. The van der Waals surface area contributed by atoms with E-state index in [0.717, 1.165) is 24.0 Å². The Morgan fingerprint density at radius 1 is 1.08 bits per heavy atom. The van der Waals surface area contributed by atoms with Crippen LogP contribution < -0.4 is 0 Å². The molecule has 0 aromatic heterocycles. The van der Waals surface area contributed by atoms with Gasteiger partial charge in [-0.2, -0.15) is 0 Å². The standard InChI is InChI=1S/C20H22FNO3S/c1-15-2-10-19(11-3-15)26(24,25)13-12-20(23)22(18-8-9-18)14-16-4-6-17(21)7-5-16/h2-7,10-11,18H,8-9,12-14H2,1H3. The summed E-state index contributed by atoms with van der Waals surface area (Å²) in [7, 11) is -3.49. The van der Waals surface area contributed by atoms with E-state index in [4.69, 9.17) is 0 Å². The molecule has 0 aliphatic heterocycles. The molecule has 2 aromatic carbocycles. The second kappa shape index (κ2) is 7.58. The first-order chi connectivity index (χ1) is 12.3. The molecule has 1 aliphatic carbocycles.